The molecule has 0 heterocycles. The summed E-state index contributed by atoms with van der Waals surface area (Å²) in [6.45, 7) is 10.7. The summed E-state index contributed by atoms with van der Waals surface area (Å²) < 4.78 is 10.6. The van der Waals surface area contributed by atoms with E-state index in [-0.39, 0.29) is 0 Å². The Kier molecular flexibility index (Phi) is 7.22. The van der Waals surface area contributed by atoms with Crippen LogP contribution in [0.4, 0.5) is 4.79 Å². The molecular weight excluding hydrogens is 318 g/mol. The van der Waals surface area contributed by atoms with E-state index in [0.29, 0.717) is 6.42 Å². The van der Waals surface area contributed by atoms with Crippen molar-refractivity contribution in [1.82, 2.24) is 5.32 Å². The first-order chi connectivity index (χ1) is 11.5. The van der Waals surface area contributed by atoms with Gasteiger partial charge in [0, 0.05) is 0 Å². The van der Waals surface area contributed by atoms with Crippen molar-refractivity contribution in [2.75, 3.05) is 0 Å². The average Bonchev–Trinajstić information content (AvgIpc) is 2.43. The summed E-state index contributed by atoms with van der Waals surface area (Å²) in [7, 11) is 0. The Hall–Kier alpha value is -2.30. The fourth-order valence-electron chi connectivity index (χ4n) is 1.94. The van der Waals surface area contributed by atoms with Crippen LogP contribution in [-0.2, 0) is 14.3 Å². The summed E-state index contributed by atoms with van der Waals surface area (Å²) in [5.41, 5.74) is -0.251. The van der Waals surface area contributed by atoms with Crippen LogP contribution in [0.2, 0.25) is 0 Å². The third-order valence-electron chi connectivity index (χ3n) is 2.86. The number of nitrogens with one attached hydrogen (secondary N) is 1. The first-order valence-electron chi connectivity index (χ1n) is 8.40. The minimum atomic E-state index is -0.811. The van der Waals surface area contributed by atoms with Crippen LogP contribution in [0.3, 0.4) is 0 Å². The molecule has 0 aliphatic heterocycles. The average molecular weight is 347 g/mol. The number of amides is 1. The predicted molar refractivity (Wildman–Crippen MR) is 99.1 cm³/mol. The van der Waals surface area contributed by atoms with Gasteiger partial charge < -0.3 is 14.8 Å². The van der Waals surface area contributed by atoms with E-state index in [1.807, 2.05) is 42.5 Å². The van der Waals surface area contributed by atoms with Gasteiger partial charge in [-0.2, -0.15) is 0 Å². The molecule has 0 bridgehead atoms. The first kappa shape index (κ1) is 20.7. The van der Waals surface area contributed by atoms with Gasteiger partial charge in [0.25, 0.3) is 0 Å². The highest BCUT2D eigenvalue weighted by Crippen LogP contribution is 2.12. The molecule has 5 heteroatoms. The van der Waals surface area contributed by atoms with Gasteiger partial charge in [-0.25, -0.2) is 9.59 Å². The lowest BCUT2D eigenvalue weighted by molar-refractivity contribution is -0.157. The molecule has 0 aromatic heterocycles. The third-order valence-corrected chi connectivity index (χ3v) is 2.86. The van der Waals surface area contributed by atoms with Crippen molar-refractivity contribution in [3.8, 4) is 0 Å². The summed E-state index contributed by atoms with van der Waals surface area (Å²) in [5.74, 6) is -0.490. The van der Waals surface area contributed by atoms with Crippen molar-refractivity contribution in [3.05, 3.63) is 42.0 Å². The Morgan fingerprint density at radius 3 is 2.08 bits per heavy atom. The summed E-state index contributed by atoms with van der Waals surface area (Å²) >= 11 is 0. The van der Waals surface area contributed by atoms with Gasteiger partial charge in [0.05, 0.1) is 0 Å². The fraction of sp³-hybridized carbons (Fsp3) is 0.500. The SMILES string of the molecule is CC(C)(C)OC(=O)N[C@@H](C/C=C/c1ccccc1)C(=O)OC(C)(C)C. The monoisotopic (exact) mass is 347 g/mol. The van der Waals surface area contributed by atoms with Gasteiger partial charge in [-0.15, -0.1) is 0 Å². The van der Waals surface area contributed by atoms with Crippen molar-refractivity contribution in [1.29, 1.82) is 0 Å². The summed E-state index contributed by atoms with van der Waals surface area (Å²) in [5, 5.41) is 2.60. The van der Waals surface area contributed by atoms with Crippen molar-refractivity contribution >= 4 is 18.1 Å². The number of esters is 1. The zero-order chi connectivity index (χ0) is 19.1. The Balaban J connectivity index is 2.78. The van der Waals surface area contributed by atoms with Gasteiger partial charge in [0.15, 0.2) is 0 Å². The lowest BCUT2D eigenvalue weighted by Gasteiger charge is -2.25. The molecule has 1 aromatic carbocycles. The quantitative estimate of drug-likeness (QED) is 0.806. The molecule has 1 atom stereocenters. The second kappa shape index (κ2) is 8.70. The molecule has 5 nitrogen and oxygen atoms in total. The topological polar surface area (TPSA) is 64.6 Å². The number of hydrogen-bond donors (Lipinski definition) is 1. The van der Waals surface area contributed by atoms with Gasteiger partial charge in [-0.05, 0) is 53.5 Å². The summed E-state index contributed by atoms with van der Waals surface area (Å²) in [6.07, 6.45) is 3.40. The molecule has 1 N–H and O–H groups in total. The predicted octanol–water partition coefficient (Wildman–Crippen LogP) is 4.32. The molecule has 0 unspecified atom stereocenters. The van der Waals surface area contributed by atoms with Crippen LogP contribution in [0, 0.1) is 0 Å². The highest BCUT2D eigenvalue weighted by atomic mass is 16.6. The van der Waals surface area contributed by atoms with E-state index in [1.165, 1.54) is 0 Å². The Bertz CT molecular complexity index is 594. The minimum Gasteiger partial charge on any atom is -0.458 e. The third kappa shape index (κ3) is 9.55. The summed E-state index contributed by atoms with van der Waals surface area (Å²) in [6, 6.07) is 8.91. The summed E-state index contributed by atoms with van der Waals surface area (Å²) in [4.78, 5) is 24.4. The van der Waals surface area contributed by atoms with Gasteiger partial charge >= 0.3 is 12.1 Å². The molecule has 0 aliphatic carbocycles. The molecule has 0 saturated heterocycles. The first-order valence-corrected chi connectivity index (χ1v) is 8.40. The molecule has 1 aromatic rings. The van der Waals surface area contributed by atoms with Gasteiger partial charge in [0.2, 0.25) is 0 Å². The zero-order valence-corrected chi connectivity index (χ0v) is 16.0. The van der Waals surface area contributed by atoms with Crippen LogP contribution in [0.1, 0.15) is 53.5 Å². The molecule has 0 radical (unpaired) electrons. The number of alkyl carbamates (subject to hydrolysis) is 1. The number of ether oxygens (including phenoxy) is 2. The number of hydrogen-bond acceptors (Lipinski definition) is 4. The van der Waals surface area contributed by atoms with Crippen molar-refractivity contribution < 1.29 is 19.1 Å². The molecule has 1 amide bonds. The van der Waals surface area contributed by atoms with Crippen LogP contribution in [0.25, 0.3) is 6.08 Å². The number of benzene rings is 1. The minimum absolute atomic E-state index is 0.309. The molecule has 25 heavy (non-hydrogen) atoms. The number of carbonyl (C=O) groups excluding carboxylic acids is 2. The normalized spacial score (nSPS) is 13.4. The lowest BCUT2D eigenvalue weighted by atomic mass is 10.1. The largest absolute Gasteiger partial charge is 0.458 e. The Morgan fingerprint density at radius 2 is 1.56 bits per heavy atom. The van der Waals surface area contributed by atoms with E-state index in [1.54, 1.807) is 41.5 Å². The van der Waals surface area contributed by atoms with E-state index in [9.17, 15) is 9.59 Å². The standard InChI is InChI=1S/C20H29NO4/c1-19(2,3)24-17(22)16(21-18(23)25-20(4,5)6)14-10-13-15-11-8-7-9-12-15/h7-13,16H,14H2,1-6H3,(H,21,23)/b13-10+/t16-/m0/s1. The smallest absolute Gasteiger partial charge is 0.408 e. The maximum Gasteiger partial charge on any atom is 0.408 e. The van der Waals surface area contributed by atoms with Crippen LogP contribution >= 0.6 is 0 Å². The lowest BCUT2D eigenvalue weighted by Crippen LogP contribution is -2.45. The molecule has 138 valence electrons. The zero-order valence-electron chi connectivity index (χ0n) is 16.0. The molecule has 0 saturated carbocycles. The molecule has 0 aliphatic rings. The number of carbonyl (C=O) groups is 2. The van der Waals surface area contributed by atoms with Crippen molar-refractivity contribution in [3.63, 3.8) is 0 Å². The molecular formula is C20H29NO4. The van der Waals surface area contributed by atoms with E-state index in [2.05, 4.69) is 5.32 Å². The van der Waals surface area contributed by atoms with Gasteiger partial charge in [-0.1, -0.05) is 42.5 Å². The van der Waals surface area contributed by atoms with Crippen LogP contribution in [0.15, 0.2) is 36.4 Å². The maximum absolute atomic E-state index is 12.4. The molecule has 0 spiro atoms. The van der Waals surface area contributed by atoms with E-state index >= 15 is 0 Å². The van der Waals surface area contributed by atoms with E-state index in [0.717, 1.165) is 5.56 Å². The second-order valence-corrected chi connectivity index (χ2v) is 7.78. The second-order valence-electron chi connectivity index (χ2n) is 7.78. The maximum atomic E-state index is 12.4. The van der Waals surface area contributed by atoms with Crippen molar-refractivity contribution in [2.45, 2.75) is 65.2 Å². The molecule has 1 rings (SSSR count). The highest BCUT2D eigenvalue weighted by molar-refractivity contribution is 5.82. The Labute approximate surface area is 150 Å². The van der Waals surface area contributed by atoms with Crippen LogP contribution < -0.4 is 5.32 Å². The fourth-order valence-corrected chi connectivity index (χ4v) is 1.94. The van der Waals surface area contributed by atoms with Gasteiger partial charge in [-0.3, -0.25) is 0 Å². The van der Waals surface area contributed by atoms with Crippen LogP contribution in [0.5, 0.6) is 0 Å². The Morgan fingerprint density at radius 1 is 1.00 bits per heavy atom. The van der Waals surface area contributed by atoms with Crippen molar-refractivity contribution in [2.24, 2.45) is 0 Å². The molecule has 0 fully saturated rings. The van der Waals surface area contributed by atoms with E-state index < -0.39 is 29.3 Å². The van der Waals surface area contributed by atoms with E-state index in [4.69, 9.17) is 9.47 Å². The highest BCUT2D eigenvalue weighted by Gasteiger charge is 2.27. The van der Waals surface area contributed by atoms with Crippen LogP contribution in [-0.4, -0.2) is 29.3 Å². The van der Waals surface area contributed by atoms with Gasteiger partial charge in [0.1, 0.15) is 17.2 Å². The number of rotatable bonds is 5.